The Kier molecular flexibility index (Phi) is 5.46. The lowest BCUT2D eigenvalue weighted by molar-refractivity contribution is -0.189. The third kappa shape index (κ3) is 4.76. The zero-order chi connectivity index (χ0) is 13.8. The van der Waals surface area contributed by atoms with Crippen LogP contribution in [0.3, 0.4) is 0 Å². The monoisotopic (exact) mass is 267 g/mol. The van der Waals surface area contributed by atoms with E-state index in [-0.39, 0.29) is 6.42 Å². The molecule has 0 radical (unpaired) electrons. The van der Waals surface area contributed by atoms with E-state index in [0.29, 0.717) is 26.0 Å². The molecule has 0 aromatic rings. The summed E-state index contributed by atoms with van der Waals surface area (Å²) in [6.45, 7) is 6.71. The van der Waals surface area contributed by atoms with Crippen LogP contribution < -0.4 is 5.32 Å². The highest BCUT2D eigenvalue weighted by atomic mass is 19.4. The topological polar surface area (TPSA) is 21.3 Å². The first-order valence-corrected chi connectivity index (χ1v) is 6.70. The number of hydrogen-bond donors (Lipinski definition) is 1. The first kappa shape index (κ1) is 15.8. The molecule has 0 aliphatic heterocycles. The SMILES string of the molecule is CCOC(C)(C)CNC1CCCCC1C(F)(F)F. The summed E-state index contributed by atoms with van der Waals surface area (Å²) in [5.41, 5.74) is -0.414. The maximum Gasteiger partial charge on any atom is 0.393 e. The summed E-state index contributed by atoms with van der Waals surface area (Å²) in [5, 5.41) is 3.06. The van der Waals surface area contributed by atoms with Gasteiger partial charge < -0.3 is 10.1 Å². The standard InChI is InChI=1S/C13H24F3NO/c1-4-18-12(2,3)9-17-11-8-6-5-7-10(11)13(14,15)16/h10-11,17H,4-9H2,1-3H3. The molecule has 1 rings (SSSR count). The van der Waals surface area contributed by atoms with Gasteiger partial charge in [0.05, 0.1) is 11.5 Å². The van der Waals surface area contributed by atoms with Crippen LogP contribution in [0.5, 0.6) is 0 Å². The number of nitrogens with one attached hydrogen (secondary N) is 1. The Morgan fingerprint density at radius 3 is 2.33 bits per heavy atom. The largest absolute Gasteiger partial charge is 0.393 e. The van der Waals surface area contributed by atoms with Crippen LogP contribution >= 0.6 is 0 Å². The second kappa shape index (κ2) is 6.24. The lowest BCUT2D eigenvalue weighted by Crippen LogP contribution is -2.50. The van der Waals surface area contributed by atoms with Crippen LogP contribution in [0.1, 0.15) is 46.5 Å². The molecule has 0 amide bonds. The van der Waals surface area contributed by atoms with Gasteiger partial charge in [0, 0.05) is 19.2 Å². The zero-order valence-corrected chi connectivity index (χ0v) is 11.4. The van der Waals surface area contributed by atoms with Crippen molar-refractivity contribution in [2.75, 3.05) is 13.2 Å². The average Bonchev–Trinajstić information content (AvgIpc) is 2.26. The van der Waals surface area contributed by atoms with E-state index in [1.807, 2.05) is 20.8 Å². The van der Waals surface area contributed by atoms with Crippen molar-refractivity contribution in [2.24, 2.45) is 5.92 Å². The van der Waals surface area contributed by atoms with E-state index in [0.717, 1.165) is 6.42 Å². The van der Waals surface area contributed by atoms with Gasteiger partial charge in [-0.2, -0.15) is 13.2 Å². The molecule has 0 bridgehead atoms. The minimum Gasteiger partial charge on any atom is -0.375 e. The fourth-order valence-corrected chi connectivity index (χ4v) is 2.59. The van der Waals surface area contributed by atoms with Gasteiger partial charge >= 0.3 is 6.18 Å². The van der Waals surface area contributed by atoms with E-state index in [4.69, 9.17) is 4.74 Å². The molecule has 0 aromatic carbocycles. The molecule has 1 aliphatic rings. The van der Waals surface area contributed by atoms with Crippen LogP contribution in [0.25, 0.3) is 0 Å². The highest BCUT2D eigenvalue weighted by Gasteiger charge is 2.45. The maximum absolute atomic E-state index is 12.9. The van der Waals surface area contributed by atoms with Crippen molar-refractivity contribution in [3.8, 4) is 0 Å². The molecular weight excluding hydrogens is 243 g/mol. The van der Waals surface area contributed by atoms with E-state index in [2.05, 4.69) is 5.32 Å². The summed E-state index contributed by atoms with van der Waals surface area (Å²) in [5.74, 6) is -1.20. The van der Waals surface area contributed by atoms with Gasteiger partial charge in [-0.05, 0) is 33.6 Å². The smallest absolute Gasteiger partial charge is 0.375 e. The summed E-state index contributed by atoms with van der Waals surface area (Å²) < 4.78 is 44.2. The van der Waals surface area contributed by atoms with Crippen molar-refractivity contribution >= 4 is 0 Å². The average molecular weight is 267 g/mol. The first-order valence-electron chi connectivity index (χ1n) is 6.70. The molecule has 18 heavy (non-hydrogen) atoms. The number of ether oxygens (including phenoxy) is 1. The van der Waals surface area contributed by atoms with Gasteiger partial charge in [0.25, 0.3) is 0 Å². The minimum absolute atomic E-state index is 0.246. The fraction of sp³-hybridized carbons (Fsp3) is 1.00. The summed E-state index contributed by atoms with van der Waals surface area (Å²) in [7, 11) is 0. The second-order valence-electron chi connectivity index (χ2n) is 5.61. The summed E-state index contributed by atoms with van der Waals surface area (Å²) >= 11 is 0. The van der Waals surface area contributed by atoms with Crippen LogP contribution in [-0.2, 0) is 4.74 Å². The summed E-state index contributed by atoms with van der Waals surface area (Å²) in [6, 6.07) is -0.460. The normalized spacial score (nSPS) is 26.3. The molecule has 0 heterocycles. The molecule has 0 spiro atoms. The molecule has 108 valence electrons. The Morgan fingerprint density at radius 1 is 1.17 bits per heavy atom. The molecule has 5 heteroatoms. The number of alkyl halides is 3. The Hall–Kier alpha value is -0.290. The Bertz CT molecular complexity index is 253. The molecule has 1 N–H and O–H groups in total. The van der Waals surface area contributed by atoms with Crippen molar-refractivity contribution in [1.29, 1.82) is 0 Å². The Morgan fingerprint density at radius 2 is 1.78 bits per heavy atom. The van der Waals surface area contributed by atoms with Crippen molar-refractivity contribution in [3.63, 3.8) is 0 Å². The van der Waals surface area contributed by atoms with Crippen LogP contribution in [0, 0.1) is 5.92 Å². The van der Waals surface area contributed by atoms with E-state index < -0.39 is 23.7 Å². The molecule has 2 unspecified atom stereocenters. The molecular formula is C13H24F3NO. The van der Waals surface area contributed by atoms with Crippen molar-refractivity contribution in [1.82, 2.24) is 5.32 Å². The van der Waals surface area contributed by atoms with Gasteiger partial charge in [0.15, 0.2) is 0 Å². The van der Waals surface area contributed by atoms with E-state index >= 15 is 0 Å². The van der Waals surface area contributed by atoms with Gasteiger partial charge in [-0.25, -0.2) is 0 Å². The lowest BCUT2D eigenvalue weighted by Gasteiger charge is -2.36. The fourth-order valence-electron chi connectivity index (χ4n) is 2.59. The zero-order valence-electron chi connectivity index (χ0n) is 11.4. The second-order valence-corrected chi connectivity index (χ2v) is 5.61. The maximum atomic E-state index is 12.9. The van der Waals surface area contributed by atoms with Crippen LogP contribution in [0.4, 0.5) is 13.2 Å². The molecule has 1 aliphatic carbocycles. The predicted molar refractivity (Wildman–Crippen MR) is 65.5 cm³/mol. The molecule has 1 fully saturated rings. The van der Waals surface area contributed by atoms with Gasteiger partial charge in [-0.3, -0.25) is 0 Å². The molecule has 1 saturated carbocycles. The highest BCUT2D eigenvalue weighted by Crippen LogP contribution is 2.37. The molecule has 2 nitrogen and oxygen atoms in total. The van der Waals surface area contributed by atoms with Crippen molar-refractivity contribution in [2.45, 2.75) is 64.3 Å². The van der Waals surface area contributed by atoms with Gasteiger partial charge in [-0.1, -0.05) is 12.8 Å². The number of rotatable bonds is 5. The van der Waals surface area contributed by atoms with Gasteiger partial charge in [0.2, 0.25) is 0 Å². The quantitative estimate of drug-likeness (QED) is 0.823. The van der Waals surface area contributed by atoms with Crippen LogP contribution in [-0.4, -0.2) is 31.0 Å². The van der Waals surface area contributed by atoms with Gasteiger partial charge in [0.1, 0.15) is 0 Å². The lowest BCUT2D eigenvalue weighted by atomic mass is 9.83. The first-order chi connectivity index (χ1) is 8.26. The van der Waals surface area contributed by atoms with Gasteiger partial charge in [-0.15, -0.1) is 0 Å². The molecule has 0 aromatic heterocycles. The third-order valence-corrected chi connectivity index (χ3v) is 3.51. The minimum atomic E-state index is -4.09. The third-order valence-electron chi connectivity index (χ3n) is 3.51. The highest BCUT2D eigenvalue weighted by molar-refractivity contribution is 4.87. The van der Waals surface area contributed by atoms with E-state index in [1.165, 1.54) is 0 Å². The Labute approximate surface area is 107 Å². The van der Waals surface area contributed by atoms with Crippen molar-refractivity contribution in [3.05, 3.63) is 0 Å². The molecule has 0 saturated heterocycles. The predicted octanol–water partition coefficient (Wildman–Crippen LogP) is 3.51. The molecule has 2 atom stereocenters. The Balaban J connectivity index is 2.53. The van der Waals surface area contributed by atoms with Crippen LogP contribution in [0.2, 0.25) is 0 Å². The number of halogens is 3. The summed E-state index contributed by atoms with van der Waals surface area (Å²) in [4.78, 5) is 0. The van der Waals surface area contributed by atoms with Crippen molar-refractivity contribution < 1.29 is 17.9 Å². The van der Waals surface area contributed by atoms with E-state index in [1.54, 1.807) is 0 Å². The number of hydrogen-bond acceptors (Lipinski definition) is 2. The van der Waals surface area contributed by atoms with Crippen LogP contribution in [0.15, 0.2) is 0 Å². The summed E-state index contributed by atoms with van der Waals surface area (Å²) in [6.07, 6.45) is -1.69. The van der Waals surface area contributed by atoms with E-state index in [9.17, 15) is 13.2 Å².